The van der Waals surface area contributed by atoms with E-state index in [-0.39, 0.29) is 5.91 Å². The molecule has 2 aromatic heterocycles. The first-order valence-electron chi connectivity index (χ1n) is 8.67. The van der Waals surface area contributed by atoms with Crippen molar-refractivity contribution in [3.05, 3.63) is 65.5 Å². The second-order valence-corrected chi connectivity index (χ2v) is 7.58. The maximum Gasteiger partial charge on any atom is 0.223 e. The standard InChI is InChI=1S/C21H23N3OS/c1-15-7-8-19-18(12-15)16(2)13-20(23-19)26-11-9-21(25)24(3)14-17-6-4-5-10-22-17/h4-8,10,12-13H,9,11,14H2,1-3H3. The molecule has 0 aliphatic carbocycles. The average Bonchev–Trinajstić information content (AvgIpc) is 2.63. The van der Waals surface area contributed by atoms with Gasteiger partial charge >= 0.3 is 0 Å². The molecule has 0 bridgehead atoms. The van der Waals surface area contributed by atoms with E-state index < -0.39 is 0 Å². The van der Waals surface area contributed by atoms with E-state index in [9.17, 15) is 4.79 Å². The Bertz CT molecular complexity index is 912. The molecule has 26 heavy (non-hydrogen) atoms. The number of hydrogen-bond acceptors (Lipinski definition) is 4. The van der Waals surface area contributed by atoms with Crippen LogP contribution in [-0.2, 0) is 11.3 Å². The zero-order chi connectivity index (χ0) is 18.5. The number of pyridine rings is 2. The molecule has 0 aliphatic heterocycles. The summed E-state index contributed by atoms with van der Waals surface area (Å²) in [7, 11) is 1.82. The first kappa shape index (κ1) is 18.4. The largest absolute Gasteiger partial charge is 0.340 e. The fourth-order valence-electron chi connectivity index (χ4n) is 2.81. The molecule has 134 valence electrons. The van der Waals surface area contributed by atoms with Crippen LogP contribution in [0.3, 0.4) is 0 Å². The fourth-order valence-corrected chi connectivity index (χ4v) is 3.72. The van der Waals surface area contributed by atoms with Crippen molar-refractivity contribution >= 4 is 28.6 Å². The number of carbonyl (C=O) groups is 1. The first-order chi connectivity index (χ1) is 12.5. The third-order valence-corrected chi connectivity index (χ3v) is 5.18. The van der Waals surface area contributed by atoms with E-state index in [2.05, 4.69) is 43.1 Å². The molecule has 0 saturated carbocycles. The van der Waals surface area contributed by atoms with Crippen molar-refractivity contribution in [3.8, 4) is 0 Å². The Morgan fingerprint density at radius 2 is 2.00 bits per heavy atom. The van der Waals surface area contributed by atoms with E-state index in [0.717, 1.165) is 22.0 Å². The van der Waals surface area contributed by atoms with Crippen LogP contribution in [-0.4, -0.2) is 33.6 Å². The number of nitrogens with zero attached hydrogens (tertiary/aromatic N) is 3. The Balaban J connectivity index is 1.56. The predicted octanol–water partition coefficient (Wildman–Crippen LogP) is 4.39. The predicted molar refractivity (Wildman–Crippen MR) is 107 cm³/mol. The van der Waals surface area contributed by atoms with Crippen LogP contribution in [0.15, 0.2) is 53.7 Å². The minimum atomic E-state index is 0.122. The zero-order valence-corrected chi connectivity index (χ0v) is 16.2. The lowest BCUT2D eigenvalue weighted by molar-refractivity contribution is -0.130. The molecule has 0 atom stereocenters. The Kier molecular flexibility index (Phi) is 5.89. The van der Waals surface area contributed by atoms with Crippen LogP contribution in [0, 0.1) is 13.8 Å². The van der Waals surface area contributed by atoms with Gasteiger partial charge in [0, 0.05) is 30.8 Å². The van der Waals surface area contributed by atoms with E-state index in [0.29, 0.717) is 13.0 Å². The Morgan fingerprint density at radius 1 is 1.15 bits per heavy atom. The summed E-state index contributed by atoms with van der Waals surface area (Å²) in [4.78, 5) is 23.0. The molecule has 0 saturated heterocycles. The minimum Gasteiger partial charge on any atom is -0.340 e. The van der Waals surface area contributed by atoms with E-state index in [1.807, 2.05) is 25.2 Å². The van der Waals surface area contributed by atoms with Crippen molar-refractivity contribution < 1.29 is 4.79 Å². The second-order valence-electron chi connectivity index (χ2n) is 6.47. The van der Waals surface area contributed by atoms with E-state index in [1.54, 1.807) is 22.9 Å². The summed E-state index contributed by atoms with van der Waals surface area (Å²) in [5.74, 6) is 0.839. The molecule has 3 aromatic rings. The van der Waals surface area contributed by atoms with Gasteiger partial charge in [0.1, 0.15) is 0 Å². The van der Waals surface area contributed by atoms with Gasteiger partial charge in [0.05, 0.1) is 22.8 Å². The van der Waals surface area contributed by atoms with Gasteiger partial charge in [-0.3, -0.25) is 9.78 Å². The van der Waals surface area contributed by atoms with Gasteiger partial charge in [-0.05, 0) is 49.7 Å². The van der Waals surface area contributed by atoms with Crippen molar-refractivity contribution in [2.24, 2.45) is 0 Å². The molecular formula is C21H23N3OS. The third-order valence-electron chi connectivity index (χ3n) is 4.26. The van der Waals surface area contributed by atoms with E-state index >= 15 is 0 Å². The smallest absolute Gasteiger partial charge is 0.223 e. The Hall–Kier alpha value is -2.40. The number of fused-ring (bicyclic) bond motifs is 1. The quantitative estimate of drug-likeness (QED) is 0.608. The molecule has 0 unspecified atom stereocenters. The van der Waals surface area contributed by atoms with Gasteiger partial charge in [0.25, 0.3) is 0 Å². The minimum absolute atomic E-state index is 0.122. The molecule has 4 nitrogen and oxygen atoms in total. The highest BCUT2D eigenvalue weighted by Crippen LogP contribution is 2.25. The van der Waals surface area contributed by atoms with Gasteiger partial charge in [0.2, 0.25) is 5.91 Å². The van der Waals surface area contributed by atoms with Crippen molar-refractivity contribution in [1.29, 1.82) is 0 Å². The Morgan fingerprint density at radius 3 is 2.77 bits per heavy atom. The zero-order valence-electron chi connectivity index (χ0n) is 15.4. The molecule has 0 aliphatic rings. The van der Waals surface area contributed by atoms with Crippen LogP contribution in [0.1, 0.15) is 23.2 Å². The fraction of sp³-hybridized carbons (Fsp3) is 0.286. The summed E-state index contributed by atoms with van der Waals surface area (Å²) in [6, 6.07) is 14.2. The second kappa shape index (κ2) is 8.32. The summed E-state index contributed by atoms with van der Waals surface area (Å²) < 4.78 is 0. The summed E-state index contributed by atoms with van der Waals surface area (Å²) in [6.45, 7) is 4.74. The number of hydrogen-bond donors (Lipinski definition) is 0. The lowest BCUT2D eigenvalue weighted by Gasteiger charge is -2.16. The van der Waals surface area contributed by atoms with Crippen molar-refractivity contribution in [3.63, 3.8) is 0 Å². The number of amides is 1. The SMILES string of the molecule is Cc1ccc2nc(SCCC(=O)N(C)Cc3ccccn3)cc(C)c2c1. The number of aryl methyl sites for hydroxylation is 2. The average molecular weight is 366 g/mol. The molecule has 0 fully saturated rings. The van der Waals surface area contributed by atoms with Gasteiger partial charge in [-0.15, -0.1) is 11.8 Å². The molecule has 0 spiro atoms. The third kappa shape index (κ3) is 4.61. The first-order valence-corrected chi connectivity index (χ1v) is 9.66. The lowest BCUT2D eigenvalue weighted by atomic mass is 10.1. The highest BCUT2D eigenvalue weighted by Gasteiger charge is 2.11. The maximum atomic E-state index is 12.3. The van der Waals surface area contributed by atoms with Gasteiger partial charge in [-0.2, -0.15) is 0 Å². The van der Waals surface area contributed by atoms with E-state index in [4.69, 9.17) is 4.98 Å². The number of aromatic nitrogens is 2. The number of rotatable bonds is 6. The molecule has 1 aromatic carbocycles. The molecule has 1 amide bonds. The lowest BCUT2D eigenvalue weighted by Crippen LogP contribution is -2.26. The summed E-state index contributed by atoms with van der Waals surface area (Å²) in [6.07, 6.45) is 2.24. The van der Waals surface area contributed by atoms with Crippen LogP contribution < -0.4 is 0 Å². The molecular weight excluding hydrogens is 342 g/mol. The normalized spacial score (nSPS) is 10.9. The monoisotopic (exact) mass is 365 g/mol. The van der Waals surface area contributed by atoms with Crippen LogP contribution in [0.4, 0.5) is 0 Å². The van der Waals surface area contributed by atoms with Crippen molar-refractivity contribution in [2.75, 3.05) is 12.8 Å². The van der Waals surface area contributed by atoms with E-state index in [1.165, 1.54) is 16.5 Å². The molecule has 3 rings (SSSR count). The van der Waals surface area contributed by atoms with Crippen LogP contribution in [0.2, 0.25) is 0 Å². The van der Waals surface area contributed by atoms with Crippen LogP contribution in [0.25, 0.3) is 10.9 Å². The van der Waals surface area contributed by atoms with Gasteiger partial charge in [-0.1, -0.05) is 17.7 Å². The molecule has 0 N–H and O–H groups in total. The summed E-state index contributed by atoms with van der Waals surface area (Å²) >= 11 is 1.63. The number of thioether (sulfide) groups is 1. The van der Waals surface area contributed by atoms with Gasteiger partial charge < -0.3 is 4.90 Å². The highest BCUT2D eigenvalue weighted by atomic mass is 32.2. The van der Waals surface area contributed by atoms with Crippen molar-refractivity contribution in [1.82, 2.24) is 14.9 Å². The van der Waals surface area contributed by atoms with Gasteiger partial charge in [-0.25, -0.2) is 4.98 Å². The topological polar surface area (TPSA) is 46.1 Å². The Labute approximate surface area is 158 Å². The molecule has 0 radical (unpaired) electrons. The van der Waals surface area contributed by atoms with Crippen LogP contribution >= 0.6 is 11.8 Å². The van der Waals surface area contributed by atoms with Gasteiger partial charge in [0.15, 0.2) is 0 Å². The number of benzene rings is 1. The molecule has 5 heteroatoms. The summed E-state index contributed by atoms with van der Waals surface area (Å²) in [5, 5.41) is 2.17. The number of carbonyl (C=O) groups excluding carboxylic acids is 1. The highest BCUT2D eigenvalue weighted by molar-refractivity contribution is 7.99. The maximum absolute atomic E-state index is 12.3. The van der Waals surface area contributed by atoms with Crippen LogP contribution in [0.5, 0.6) is 0 Å². The summed E-state index contributed by atoms with van der Waals surface area (Å²) in [5.41, 5.74) is 4.37. The van der Waals surface area contributed by atoms with Crippen molar-refractivity contribution in [2.45, 2.75) is 31.8 Å². The molecule has 2 heterocycles.